The number of likely N-dealkylation sites (tertiary alicyclic amines) is 1. The minimum Gasteiger partial charge on any atom is -0.411 e. The number of hydrogen-bond donors (Lipinski definition) is 2. The van der Waals surface area contributed by atoms with Gasteiger partial charge in [0, 0.05) is 32.5 Å². The molecule has 0 bridgehead atoms. The van der Waals surface area contributed by atoms with Crippen LogP contribution in [0.5, 0.6) is 0 Å². The molecule has 1 atom stereocenters. The van der Waals surface area contributed by atoms with Gasteiger partial charge in [0.2, 0.25) is 0 Å². The standard InChI is InChI=1S/C10H20N2O2/c1-3-10(2,13)8-12-6-4-9(11-14)5-7-12/h13-14H,3-8H2,1-2H3. The van der Waals surface area contributed by atoms with E-state index in [1.807, 2.05) is 13.8 Å². The summed E-state index contributed by atoms with van der Waals surface area (Å²) < 4.78 is 0. The van der Waals surface area contributed by atoms with Crippen molar-refractivity contribution < 1.29 is 10.3 Å². The van der Waals surface area contributed by atoms with Crippen molar-refractivity contribution in [2.75, 3.05) is 19.6 Å². The molecule has 1 aliphatic heterocycles. The van der Waals surface area contributed by atoms with Gasteiger partial charge >= 0.3 is 0 Å². The van der Waals surface area contributed by atoms with Gasteiger partial charge in [-0.2, -0.15) is 0 Å². The van der Waals surface area contributed by atoms with Crippen LogP contribution < -0.4 is 0 Å². The SMILES string of the molecule is CCC(C)(O)CN1CCC(=NO)CC1. The smallest absolute Gasteiger partial charge is 0.0743 e. The first kappa shape index (κ1) is 11.5. The lowest BCUT2D eigenvalue weighted by Gasteiger charge is -2.33. The van der Waals surface area contributed by atoms with Crippen molar-refractivity contribution in [1.82, 2.24) is 4.90 Å². The van der Waals surface area contributed by atoms with Crippen molar-refractivity contribution in [3.05, 3.63) is 0 Å². The van der Waals surface area contributed by atoms with E-state index >= 15 is 0 Å². The zero-order valence-corrected chi connectivity index (χ0v) is 9.03. The number of aliphatic hydroxyl groups is 1. The molecule has 1 fully saturated rings. The van der Waals surface area contributed by atoms with Crippen LogP contribution in [0.3, 0.4) is 0 Å². The average molecular weight is 200 g/mol. The van der Waals surface area contributed by atoms with Crippen molar-refractivity contribution in [1.29, 1.82) is 0 Å². The maximum Gasteiger partial charge on any atom is 0.0743 e. The quantitative estimate of drug-likeness (QED) is 0.529. The van der Waals surface area contributed by atoms with E-state index in [-0.39, 0.29) is 0 Å². The third-order valence-electron chi connectivity index (χ3n) is 2.90. The highest BCUT2D eigenvalue weighted by molar-refractivity contribution is 5.84. The van der Waals surface area contributed by atoms with Crippen LogP contribution in [-0.4, -0.2) is 46.2 Å². The molecule has 14 heavy (non-hydrogen) atoms. The van der Waals surface area contributed by atoms with Crippen molar-refractivity contribution in [2.45, 2.75) is 38.7 Å². The lowest BCUT2D eigenvalue weighted by molar-refractivity contribution is 0.0160. The van der Waals surface area contributed by atoms with Gasteiger partial charge in [0.15, 0.2) is 0 Å². The van der Waals surface area contributed by atoms with Crippen LogP contribution in [0.2, 0.25) is 0 Å². The van der Waals surface area contributed by atoms with Gasteiger partial charge in [-0.15, -0.1) is 0 Å². The van der Waals surface area contributed by atoms with E-state index in [0.717, 1.165) is 38.1 Å². The van der Waals surface area contributed by atoms with Gasteiger partial charge in [-0.25, -0.2) is 0 Å². The van der Waals surface area contributed by atoms with Crippen molar-refractivity contribution in [3.8, 4) is 0 Å². The number of piperidine rings is 1. The lowest BCUT2D eigenvalue weighted by atomic mass is 10.0. The topological polar surface area (TPSA) is 56.1 Å². The number of oxime groups is 1. The van der Waals surface area contributed by atoms with E-state index in [1.54, 1.807) is 0 Å². The fraction of sp³-hybridized carbons (Fsp3) is 0.900. The van der Waals surface area contributed by atoms with Crippen LogP contribution in [0.1, 0.15) is 33.1 Å². The van der Waals surface area contributed by atoms with Crippen LogP contribution in [0.4, 0.5) is 0 Å². The molecule has 0 aromatic rings. The van der Waals surface area contributed by atoms with Crippen LogP contribution >= 0.6 is 0 Å². The highest BCUT2D eigenvalue weighted by Crippen LogP contribution is 2.14. The monoisotopic (exact) mass is 200 g/mol. The second-order valence-corrected chi connectivity index (χ2v) is 4.29. The Morgan fingerprint density at radius 1 is 1.43 bits per heavy atom. The van der Waals surface area contributed by atoms with E-state index in [0.29, 0.717) is 6.54 Å². The summed E-state index contributed by atoms with van der Waals surface area (Å²) in [5.74, 6) is 0. The summed E-state index contributed by atoms with van der Waals surface area (Å²) >= 11 is 0. The van der Waals surface area contributed by atoms with E-state index in [1.165, 1.54) is 0 Å². The molecular formula is C10H20N2O2. The zero-order chi connectivity index (χ0) is 10.6. The fourth-order valence-corrected chi connectivity index (χ4v) is 1.66. The first-order valence-corrected chi connectivity index (χ1v) is 5.22. The molecule has 0 aromatic carbocycles. The Balaban J connectivity index is 2.36. The Hall–Kier alpha value is -0.610. The maximum atomic E-state index is 9.88. The number of hydrogen-bond acceptors (Lipinski definition) is 4. The van der Waals surface area contributed by atoms with Crippen LogP contribution in [0.15, 0.2) is 5.16 Å². The maximum absolute atomic E-state index is 9.88. The summed E-state index contributed by atoms with van der Waals surface area (Å²) in [4.78, 5) is 2.22. The molecule has 1 rings (SSSR count). The van der Waals surface area contributed by atoms with E-state index < -0.39 is 5.60 Å². The van der Waals surface area contributed by atoms with Gasteiger partial charge in [-0.1, -0.05) is 12.1 Å². The van der Waals surface area contributed by atoms with E-state index in [2.05, 4.69) is 10.1 Å². The number of rotatable bonds is 3. The summed E-state index contributed by atoms with van der Waals surface area (Å²) in [6.45, 7) is 6.33. The predicted octanol–water partition coefficient (Wildman–Crippen LogP) is 1.07. The summed E-state index contributed by atoms with van der Waals surface area (Å²) in [6.07, 6.45) is 2.40. The van der Waals surface area contributed by atoms with E-state index in [9.17, 15) is 5.11 Å². The van der Waals surface area contributed by atoms with Gasteiger partial charge < -0.3 is 10.3 Å². The minimum absolute atomic E-state index is 0.589. The van der Waals surface area contributed by atoms with E-state index in [4.69, 9.17) is 5.21 Å². The molecule has 1 unspecified atom stereocenters. The molecule has 82 valence electrons. The highest BCUT2D eigenvalue weighted by atomic mass is 16.4. The summed E-state index contributed by atoms with van der Waals surface area (Å²) in [6, 6.07) is 0. The molecule has 0 saturated carbocycles. The molecule has 0 spiro atoms. The van der Waals surface area contributed by atoms with Gasteiger partial charge in [0.1, 0.15) is 0 Å². The minimum atomic E-state index is -0.589. The normalized spacial score (nSPS) is 23.2. The van der Waals surface area contributed by atoms with Gasteiger partial charge in [0.25, 0.3) is 0 Å². The number of nitrogens with zero attached hydrogens (tertiary/aromatic N) is 2. The Morgan fingerprint density at radius 3 is 2.43 bits per heavy atom. The highest BCUT2D eigenvalue weighted by Gasteiger charge is 2.24. The summed E-state index contributed by atoms with van der Waals surface area (Å²) in [5.41, 5.74) is 0.283. The average Bonchev–Trinajstić information content (AvgIpc) is 2.19. The first-order valence-electron chi connectivity index (χ1n) is 5.22. The van der Waals surface area contributed by atoms with Crippen LogP contribution in [-0.2, 0) is 0 Å². The molecule has 0 aliphatic carbocycles. The Kier molecular flexibility index (Phi) is 3.89. The first-order chi connectivity index (χ1) is 6.57. The Labute approximate surface area is 85.2 Å². The molecule has 4 heteroatoms. The molecule has 2 N–H and O–H groups in total. The lowest BCUT2D eigenvalue weighted by Crippen LogP contribution is -2.44. The molecule has 1 saturated heterocycles. The molecule has 4 nitrogen and oxygen atoms in total. The summed E-state index contributed by atoms with van der Waals surface area (Å²) in [5, 5.41) is 21.7. The second-order valence-electron chi connectivity index (χ2n) is 4.29. The van der Waals surface area contributed by atoms with Crippen LogP contribution in [0, 0.1) is 0 Å². The third kappa shape index (κ3) is 3.27. The second kappa shape index (κ2) is 4.75. The molecule has 0 radical (unpaired) electrons. The molecule has 0 amide bonds. The predicted molar refractivity (Wildman–Crippen MR) is 55.8 cm³/mol. The summed E-state index contributed by atoms with van der Waals surface area (Å²) in [7, 11) is 0. The van der Waals surface area contributed by atoms with Crippen LogP contribution in [0.25, 0.3) is 0 Å². The van der Waals surface area contributed by atoms with Gasteiger partial charge in [-0.3, -0.25) is 4.90 Å². The Bertz CT molecular complexity index is 204. The largest absolute Gasteiger partial charge is 0.411 e. The Morgan fingerprint density at radius 2 is 2.00 bits per heavy atom. The zero-order valence-electron chi connectivity index (χ0n) is 9.03. The fourth-order valence-electron chi connectivity index (χ4n) is 1.66. The van der Waals surface area contributed by atoms with Crippen molar-refractivity contribution in [3.63, 3.8) is 0 Å². The van der Waals surface area contributed by atoms with Gasteiger partial charge in [-0.05, 0) is 13.3 Å². The van der Waals surface area contributed by atoms with Gasteiger partial charge in [0.05, 0.1) is 11.3 Å². The third-order valence-corrected chi connectivity index (χ3v) is 2.90. The molecule has 1 aliphatic rings. The molecule has 0 aromatic heterocycles. The number of β-amino-alcohol motifs (C(OH)–C–C–N with tert-alkyl or cyclic N) is 1. The molecular weight excluding hydrogens is 180 g/mol. The van der Waals surface area contributed by atoms with Crippen molar-refractivity contribution in [2.24, 2.45) is 5.16 Å². The van der Waals surface area contributed by atoms with Crippen molar-refractivity contribution >= 4 is 5.71 Å². The molecule has 1 heterocycles.